The second-order valence-corrected chi connectivity index (χ2v) is 5.68. The summed E-state index contributed by atoms with van der Waals surface area (Å²) in [5.74, 6) is 0. The molecule has 0 aromatic heterocycles. The van der Waals surface area contributed by atoms with E-state index in [9.17, 15) is 5.11 Å². The van der Waals surface area contributed by atoms with Crippen LogP contribution in [-0.4, -0.2) is 17.3 Å². The maximum Gasteiger partial charge on any atom is 0.0819 e. The number of benzene rings is 1. The summed E-state index contributed by atoms with van der Waals surface area (Å²) in [6.07, 6.45) is 4.05. The molecule has 1 saturated carbocycles. The van der Waals surface area contributed by atoms with Crippen molar-refractivity contribution in [3.8, 4) is 0 Å². The topological polar surface area (TPSA) is 32.3 Å². The maximum atomic E-state index is 10.2. The van der Waals surface area contributed by atoms with Gasteiger partial charge in [0.2, 0.25) is 0 Å². The lowest BCUT2D eigenvalue weighted by Crippen LogP contribution is -2.33. The molecule has 0 spiro atoms. The predicted octanol–water partition coefficient (Wildman–Crippen LogP) is 3.82. The Balaban J connectivity index is 1.96. The van der Waals surface area contributed by atoms with Gasteiger partial charge in [0.05, 0.1) is 10.6 Å². The highest BCUT2D eigenvalue weighted by Gasteiger charge is 2.30. The first-order valence-electron chi connectivity index (χ1n) is 5.50. The highest BCUT2D eigenvalue weighted by molar-refractivity contribution is 9.10. The summed E-state index contributed by atoms with van der Waals surface area (Å²) in [6.45, 7) is 0.612. The van der Waals surface area contributed by atoms with Crippen LogP contribution in [0.5, 0.6) is 0 Å². The standard InChI is InChI=1S/C12H15BrClNO/c13-10-7-9(3-4-11(10)14)15-8-12(16)5-1-2-6-12/h3-4,7,15-16H,1-2,5-6,8H2. The van der Waals surface area contributed by atoms with Crippen molar-refractivity contribution in [1.82, 2.24) is 0 Å². The van der Waals surface area contributed by atoms with Gasteiger partial charge in [-0.05, 0) is 47.0 Å². The van der Waals surface area contributed by atoms with Gasteiger partial charge >= 0.3 is 0 Å². The van der Waals surface area contributed by atoms with Crippen LogP contribution in [0.25, 0.3) is 0 Å². The first kappa shape index (κ1) is 12.2. The van der Waals surface area contributed by atoms with E-state index in [1.54, 1.807) is 0 Å². The van der Waals surface area contributed by atoms with Gasteiger partial charge in [-0.2, -0.15) is 0 Å². The molecule has 1 aromatic rings. The largest absolute Gasteiger partial charge is 0.388 e. The van der Waals surface area contributed by atoms with E-state index in [1.165, 1.54) is 0 Å². The molecule has 1 aromatic carbocycles. The fourth-order valence-electron chi connectivity index (χ4n) is 2.08. The molecule has 0 amide bonds. The molecule has 2 nitrogen and oxygen atoms in total. The SMILES string of the molecule is OC1(CNc2ccc(Cl)c(Br)c2)CCCC1. The molecule has 1 fully saturated rings. The molecule has 1 aliphatic rings. The number of nitrogens with one attached hydrogen (secondary N) is 1. The van der Waals surface area contributed by atoms with Crippen LogP contribution in [0.4, 0.5) is 5.69 Å². The van der Waals surface area contributed by atoms with E-state index in [4.69, 9.17) is 11.6 Å². The van der Waals surface area contributed by atoms with Crippen LogP contribution in [0.2, 0.25) is 5.02 Å². The summed E-state index contributed by atoms with van der Waals surface area (Å²) in [6, 6.07) is 5.69. The van der Waals surface area contributed by atoms with Gasteiger partial charge in [-0.1, -0.05) is 24.4 Å². The van der Waals surface area contributed by atoms with Crippen LogP contribution >= 0.6 is 27.5 Å². The molecule has 0 aliphatic heterocycles. The Kier molecular flexibility index (Phi) is 3.77. The number of hydrogen-bond acceptors (Lipinski definition) is 2. The second kappa shape index (κ2) is 4.94. The summed E-state index contributed by atoms with van der Waals surface area (Å²) >= 11 is 9.29. The van der Waals surface area contributed by atoms with Gasteiger partial charge in [-0.25, -0.2) is 0 Å². The molecule has 0 heterocycles. The summed E-state index contributed by atoms with van der Waals surface area (Å²) < 4.78 is 0.873. The second-order valence-electron chi connectivity index (χ2n) is 4.41. The molecule has 2 N–H and O–H groups in total. The van der Waals surface area contributed by atoms with Crippen LogP contribution in [0.15, 0.2) is 22.7 Å². The van der Waals surface area contributed by atoms with Gasteiger partial charge in [0.1, 0.15) is 0 Å². The van der Waals surface area contributed by atoms with Gasteiger partial charge in [-0.3, -0.25) is 0 Å². The van der Waals surface area contributed by atoms with E-state index < -0.39 is 5.60 Å². The van der Waals surface area contributed by atoms with Gasteiger partial charge in [0, 0.05) is 16.7 Å². The first-order valence-corrected chi connectivity index (χ1v) is 6.67. The molecule has 0 radical (unpaired) electrons. The zero-order valence-corrected chi connectivity index (χ0v) is 11.3. The third kappa shape index (κ3) is 2.90. The number of aliphatic hydroxyl groups is 1. The van der Waals surface area contributed by atoms with E-state index in [2.05, 4.69) is 21.2 Å². The van der Waals surface area contributed by atoms with Crippen LogP contribution in [0.1, 0.15) is 25.7 Å². The highest BCUT2D eigenvalue weighted by atomic mass is 79.9. The normalized spacial score (nSPS) is 18.7. The minimum absolute atomic E-state index is 0.522. The average molecular weight is 305 g/mol. The summed E-state index contributed by atoms with van der Waals surface area (Å²) in [5, 5.41) is 14.1. The van der Waals surface area contributed by atoms with Gasteiger partial charge < -0.3 is 10.4 Å². The minimum atomic E-state index is -0.522. The molecule has 4 heteroatoms. The lowest BCUT2D eigenvalue weighted by Gasteiger charge is -2.23. The Morgan fingerprint density at radius 2 is 2.06 bits per heavy atom. The summed E-state index contributed by atoms with van der Waals surface area (Å²) in [4.78, 5) is 0. The van der Waals surface area contributed by atoms with Crippen molar-refractivity contribution >= 4 is 33.2 Å². The third-order valence-electron chi connectivity index (χ3n) is 3.08. The van der Waals surface area contributed by atoms with Crippen molar-refractivity contribution in [2.75, 3.05) is 11.9 Å². The molecule has 2 rings (SSSR count). The van der Waals surface area contributed by atoms with E-state index in [-0.39, 0.29) is 0 Å². The Bertz CT molecular complexity index is 377. The zero-order chi connectivity index (χ0) is 11.6. The van der Waals surface area contributed by atoms with Crippen molar-refractivity contribution in [2.24, 2.45) is 0 Å². The van der Waals surface area contributed by atoms with Gasteiger partial charge in [0.25, 0.3) is 0 Å². The minimum Gasteiger partial charge on any atom is -0.388 e. The smallest absolute Gasteiger partial charge is 0.0819 e. The Morgan fingerprint density at radius 3 is 2.69 bits per heavy atom. The van der Waals surface area contributed by atoms with Crippen LogP contribution < -0.4 is 5.32 Å². The number of anilines is 1. The Hall–Kier alpha value is -0.250. The number of rotatable bonds is 3. The third-order valence-corrected chi connectivity index (χ3v) is 4.29. The zero-order valence-electron chi connectivity index (χ0n) is 8.97. The Morgan fingerprint density at radius 1 is 1.38 bits per heavy atom. The van der Waals surface area contributed by atoms with E-state index >= 15 is 0 Å². The van der Waals surface area contributed by atoms with Crippen LogP contribution in [-0.2, 0) is 0 Å². The van der Waals surface area contributed by atoms with Gasteiger partial charge in [0.15, 0.2) is 0 Å². The Labute approximate surface area is 109 Å². The van der Waals surface area contributed by atoms with E-state index in [0.717, 1.165) is 35.8 Å². The number of hydrogen-bond donors (Lipinski definition) is 2. The average Bonchev–Trinajstić information content (AvgIpc) is 2.68. The monoisotopic (exact) mass is 303 g/mol. The van der Waals surface area contributed by atoms with Crippen molar-refractivity contribution in [3.63, 3.8) is 0 Å². The first-order chi connectivity index (χ1) is 7.59. The molecule has 1 aliphatic carbocycles. The van der Waals surface area contributed by atoms with Crippen molar-refractivity contribution in [3.05, 3.63) is 27.7 Å². The molecule has 0 bridgehead atoms. The van der Waals surface area contributed by atoms with E-state index in [0.29, 0.717) is 11.6 Å². The van der Waals surface area contributed by atoms with Crippen LogP contribution in [0, 0.1) is 0 Å². The molecule has 0 saturated heterocycles. The quantitative estimate of drug-likeness (QED) is 0.890. The summed E-state index contributed by atoms with van der Waals surface area (Å²) in [7, 11) is 0. The molecular weight excluding hydrogens is 289 g/mol. The van der Waals surface area contributed by atoms with Gasteiger partial charge in [-0.15, -0.1) is 0 Å². The molecule has 0 atom stereocenters. The highest BCUT2D eigenvalue weighted by Crippen LogP contribution is 2.30. The molecule has 88 valence electrons. The lowest BCUT2D eigenvalue weighted by molar-refractivity contribution is 0.0615. The van der Waals surface area contributed by atoms with Crippen molar-refractivity contribution < 1.29 is 5.11 Å². The van der Waals surface area contributed by atoms with E-state index in [1.807, 2.05) is 18.2 Å². The summed E-state index contributed by atoms with van der Waals surface area (Å²) in [5.41, 5.74) is 0.461. The molecule has 0 unspecified atom stereocenters. The fraction of sp³-hybridized carbons (Fsp3) is 0.500. The lowest BCUT2D eigenvalue weighted by atomic mass is 10.0. The van der Waals surface area contributed by atoms with Crippen molar-refractivity contribution in [1.29, 1.82) is 0 Å². The fourth-order valence-corrected chi connectivity index (χ4v) is 2.58. The molecular formula is C12H15BrClNO. The van der Waals surface area contributed by atoms with Crippen molar-refractivity contribution in [2.45, 2.75) is 31.3 Å². The number of halogens is 2. The van der Waals surface area contributed by atoms with Crippen LogP contribution in [0.3, 0.4) is 0 Å². The molecule has 16 heavy (non-hydrogen) atoms. The maximum absolute atomic E-state index is 10.2. The predicted molar refractivity (Wildman–Crippen MR) is 71.1 cm³/mol.